The molecule has 0 bridgehead atoms. The van der Waals surface area contributed by atoms with Gasteiger partial charge in [0, 0.05) is 19.2 Å². The number of rotatable bonds is 3. The number of nitrogens with zero attached hydrogens (tertiary/aromatic N) is 2. The first-order chi connectivity index (χ1) is 9.43. The third kappa shape index (κ3) is 2.70. The lowest BCUT2D eigenvalue weighted by molar-refractivity contribution is -0.384. The fraction of sp³-hybridized carbons (Fsp3) is 0.500. The first-order valence-electron chi connectivity index (χ1n) is 6.07. The Kier molecular flexibility index (Phi) is 4.15. The molecule has 0 radical (unpaired) electrons. The maximum Gasteiger partial charge on any atom is 0.295 e. The lowest BCUT2D eigenvalue weighted by Gasteiger charge is -2.37. The van der Waals surface area contributed by atoms with E-state index in [0.29, 0.717) is 0 Å². The van der Waals surface area contributed by atoms with E-state index in [2.05, 4.69) is 0 Å². The number of benzene rings is 1. The molecular weight excluding hydrogens is 274 g/mol. The van der Waals surface area contributed by atoms with Gasteiger partial charge in [0.05, 0.1) is 23.7 Å². The summed E-state index contributed by atoms with van der Waals surface area (Å²) in [6.07, 6.45) is -0.954. The third-order valence-corrected chi connectivity index (χ3v) is 3.09. The van der Waals surface area contributed by atoms with Crippen LogP contribution in [0.3, 0.4) is 0 Å². The molecule has 2 atom stereocenters. The third-order valence-electron chi connectivity index (χ3n) is 3.09. The van der Waals surface area contributed by atoms with Gasteiger partial charge in [0.2, 0.25) is 0 Å². The Hall–Kier alpha value is -1.80. The molecule has 1 aromatic carbocycles. The van der Waals surface area contributed by atoms with Crippen molar-refractivity contribution < 1.29 is 23.5 Å². The molecule has 1 aliphatic heterocycles. The van der Waals surface area contributed by atoms with Crippen LogP contribution >= 0.6 is 0 Å². The highest BCUT2D eigenvalue weighted by Gasteiger charge is 2.32. The van der Waals surface area contributed by atoms with Gasteiger partial charge in [-0.25, -0.2) is 8.78 Å². The maximum absolute atomic E-state index is 13.9. The Balaban J connectivity index is 2.45. The van der Waals surface area contributed by atoms with Gasteiger partial charge >= 0.3 is 0 Å². The molecule has 1 heterocycles. The SMILES string of the molecule is CC1CN(c2c([N+](=O)[O-])ccc(F)c2F)CC(CO)O1. The number of hydrogen-bond donors (Lipinski definition) is 1. The number of aliphatic hydroxyl groups excluding tert-OH is 1. The number of halogens is 2. The summed E-state index contributed by atoms with van der Waals surface area (Å²) in [4.78, 5) is 11.6. The molecule has 1 aliphatic rings. The van der Waals surface area contributed by atoms with Gasteiger partial charge in [-0.2, -0.15) is 0 Å². The van der Waals surface area contributed by atoms with Crippen molar-refractivity contribution in [3.8, 4) is 0 Å². The molecule has 0 aliphatic carbocycles. The van der Waals surface area contributed by atoms with Gasteiger partial charge in [-0.3, -0.25) is 10.1 Å². The molecule has 2 rings (SSSR count). The van der Waals surface area contributed by atoms with Gasteiger partial charge in [-0.05, 0) is 13.0 Å². The minimum Gasteiger partial charge on any atom is -0.394 e. The minimum atomic E-state index is -1.26. The van der Waals surface area contributed by atoms with E-state index in [9.17, 15) is 18.9 Å². The van der Waals surface area contributed by atoms with E-state index in [1.165, 1.54) is 4.90 Å². The number of nitro benzene ring substituents is 1. The van der Waals surface area contributed by atoms with Crippen molar-refractivity contribution in [2.45, 2.75) is 19.1 Å². The number of anilines is 1. The van der Waals surface area contributed by atoms with Gasteiger partial charge in [0.25, 0.3) is 5.69 Å². The Morgan fingerprint density at radius 2 is 2.20 bits per heavy atom. The average Bonchev–Trinajstić information content (AvgIpc) is 2.40. The molecule has 1 N–H and O–H groups in total. The summed E-state index contributed by atoms with van der Waals surface area (Å²) < 4.78 is 32.7. The van der Waals surface area contributed by atoms with E-state index in [1.54, 1.807) is 6.92 Å². The molecule has 0 saturated carbocycles. The van der Waals surface area contributed by atoms with Crippen LogP contribution in [0, 0.1) is 21.7 Å². The van der Waals surface area contributed by atoms with Crippen LogP contribution in [0.25, 0.3) is 0 Å². The summed E-state index contributed by atoms with van der Waals surface area (Å²) in [6, 6.07) is 1.66. The van der Waals surface area contributed by atoms with Crippen molar-refractivity contribution in [3.05, 3.63) is 33.9 Å². The van der Waals surface area contributed by atoms with Crippen molar-refractivity contribution in [2.75, 3.05) is 24.6 Å². The monoisotopic (exact) mass is 288 g/mol. The molecule has 20 heavy (non-hydrogen) atoms. The molecule has 110 valence electrons. The van der Waals surface area contributed by atoms with Gasteiger partial charge in [0.15, 0.2) is 17.3 Å². The van der Waals surface area contributed by atoms with Gasteiger partial charge < -0.3 is 14.7 Å². The van der Waals surface area contributed by atoms with E-state index in [-0.39, 0.29) is 25.8 Å². The normalized spacial score (nSPS) is 22.9. The predicted molar refractivity (Wildman–Crippen MR) is 66.6 cm³/mol. The summed E-state index contributed by atoms with van der Waals surface area (Å²) in [5.74, 6) is -2.41. The average molecular weight is 288 g/mol. The summed E-state index contributed by atoms with van der Waals surface area (Å²) in [7, 11) is 0. The molecule has 0 aromatic heterocycles. The number of hydrogen-bond acceptors (Lipinski definition) is 5. The Bertz CT molecular complexity index is 526. The zero-order valence-electron chi connectivity index (χ0n) is 10.8. The zero-order chi connectivity index (χ0) is 14.9. The van der Waals surface area contributed by atoms with Crippen LogP contribution < -0.4 is 4.90 Å². The predicted octanol–water partition coefficient (Wildman–Crippen LogP) is 1.46. The topological polar surface area (TPSA) is 75.8 Å². The van der Waals surface area contributed by atoms with Crippen LogP contribution in [-0.2, 0) is 4.74 Å². The van der Waals surface area contributed by atoms with Crippen molar-refractivity contribution in [2.24, 2.45) is 0 Å². The summed E-state index contributed by atoms with van der Waals surface area (Å²) in [5.41, 5.74) is -0.904. The minimum absolute atomic E-state index is 0.0576. The molecule has 1 saturated heterocycles. The van der Waals surface area contributed by atoms with Gasteiger partial charge in [-0.1, -0.05) is 0 Å². The molecule has 0 spiro atoms. The number of nitro groups is 1. The molecule has 0 amide bonds. The first-order valence-corrected chi connectivity index (χ1v) is 6.07. The molecule has 2 unspecified atom stereocenters. The number of ether oxygens (including phenoxy) is 1. The Morgan fingerprint density at radius 1 is 1.50 bits per heavy atom. The van der Waals surface area contributed by atoms with Crippen LogP contribution in [0.4, 0.5) is 20.2 Å². The quantitative estimate of drug-likeness (QED) is 0.673. The lowest BCUT2D eigenvalue weighted by Crippen LogP contribution is -2.48. The Morgan fingerprint density at radius 3 is 2.80 bits per heavy atom. The standard InChI is InChI=1S/C12H14F2N2O4/c1-7-4-15(5-8(6-17)20-7)12-10(16(18)19)3-2-9(13)11(12)14/h2-3,7-8,17H,4-6H2,1H3. The zero-order valence-corrected chi connectivity index (χ0v) is 10.8. The molecule has 1 fully saturated rings. The summed E-state index contributed by atoms with van der Waals surface area (Å²) >= 11 is 0. The maximum atomic E-state index is 13.9. The van der Waals surface area contributed by atoms with Crippen molar-refractivity contribution in [1.29, 1.82) is 0 Å². The highest BCUT2D eigenvalue weighted by molar-refractivity contribution is 5.64. The first kappa shape index (κ1) is 14.6. The van der Waals surface area contributed by atoms with Crippen molar-refractivity contribution >= 4 is 11.4 Å². The molecule has 8 heteroatoms. The number of morpholine rings is 1. The smallest absolute Gasteiger partial charge is 0.295 e. The second-order valence-corrected chi connectivity index (χ2v) is 4.64. The van der Waals surface area contributed by atoms with Crippen LogP contribution in [0.5, 0.6) is 0 Å². The summed E-state index contributed by atoms with van der Waals surface area (Å²) in [6.45, 7) is 1.63. The second kappa shape index (κ2) is 5.68. The van der Waals surface area contributed by atoms with Gasteiger partial charge in [0.1, 0.15) is 0 Å². The van der Waals surface area contributed by atoms with Crippen LogP contribution in [0.15, 0.2) is 12.1 Å². The van der Waals surface area contributed by atoms with E-state index < -0.39 is 34.0 Å². The van der Waals surface area contributed by atoms with E-state index >= 15 is 0 Å². The van der Waals surface area contributed by atoms with Gasteiger partial charge in [-0.15, -0.1) is 0 Å². The molecule has 1 aromatic rings. The highest BCUT2D eigenvalue weighted by Crippen LogP contribution is 2.34. The van der Waals surface area contributed by atoms with E-state index in [1.807, 2.05) is 0 Å². The largest absolute Gasteiger partial charge is 0.394 e. The van der Waals surface area contributed by atoms with E-state index in [4.69, 9.17) is 9.84 Å². The summed E-state index contributed by atoms with van der Waals surface area (Å²) in [5, 5.41) is 20.1. The van der Waals surface area contributed by atoms with Crippen LogP contribution in [-0.4, -0.2) is 41.9 Å². The number of aliphatic hydroxyl groups is 1. The van der Waals surface area contributed by atoms with Crippen molar-refractivity contribution in [1.82, 2.24) is 0 Å². The fourth-order valence-corrected chi connectivity index (χ4v) is 2.31. The van der Waals surface area contributed by atoms with Crippen LogP contribution in [0.2, 0.25) is 0 Å². The second-order valence-electron chi connectivity index (χ2n) is 4.64. The van der Waals surface area contributed by atoms with Crippen molar-refractivity contribution in [3.63, 3.8) is 0 Å². The highest BCUT2D eigenvalue weighted by atomic mass is 19.2. The van der Waals surface area contributed by atoms with Crippen LogP contribution in [0.1, 0.15) is 6.92 Å². The lowest BCUT2D eigenvalue weighted by atomic mass is 10.1. The van der Waals surface area contributed by atoms with E-state index in [0.717, 1.165) is 12.1 Å². The Labute approximate surface area is 113 Å². The fourth-order valence-electron chi connectivity index (χ4n) is 2.31. The molecule has 6 nitrogen and oxygen atoms in total. The molecular formula is C12H14F2N2O4.